The summed E-state index contributed by atoms with van der Waals surface area (Å²) in [4.78, 5) is 11.0. The monoisotopic (exact) mass is 144 g/mol. The second-order valence-corrected chi connectivity index (χ2v) is 2.45. The summed E-state index contributed by atoms with van der Waals surface area (Å²) in [5.41, 5.74) is 0. The van der Waals surface area contributed by atoms with Crippen LogP contribution in [0.15, 0.2) is 0 Å². The van der Waals surface area contributed by atoms with Gasteiger partial charge in [-0.2, -0.15) is 0 Å². The van der Waals surface area contributed by atoms with Gasteiger partial charge in [-0.1, -0.05) is 13.8 Å². The first-order valence-corrected chi connectivity index (χ1v) is 3.89. The van der Waals surface area contributed by atoms with E-state index in [2.05, 4.69) is 0 Å². The number of hydrogen-bond acceptors (Lipinski definition) is 2. The first-order chi connectivity index (χ1) is 4.76. The number of ketones is 1. The van der Waals surface area contributed by atoms with Crippen LogP contribution in [-0.2, 0) is 4.79 Å². The summed E-state index contributed by atoms with van der Waals surface area (Å²) in [6.45, 7) is 4.00. The van der Waals surface area contributed by atoms with Crippen molar-refractivity contribution in [3.05, 3.63) is 0 Å². The van der Waals surface area contributed by atoms with Gasteiger partial charge in [0.05, 0.1) is 0 Å². The third-order valence-corrected chi connectivity index (χ3v) is 1.80. The lowest BCUT2D eigenvalue weighted by Crippen LogP contribution is -2.13. The van der Waals surface area contributed by atoms with Crippen molar-refractivity contribution < 1.29 is 9.90 Å². The van der Waals surface area contributed by atoms with E-state index in [9.17, 15) is 4.79 Å². The fourth-order valence-electron chi connectivity index (χ4n) is 1.06. The third kappa shape index (κ3) is 2.97. The van der Waals surface area contributed by atoms with Crippen LogP contribution < -0.4 is 0 Å². The largest absolute Gasteiger partial charge is 0.396 e. The Morgan fingerprint density at radius 3 is 2.20 bits per heavy atom. The molecule has 0 radical (unpaired) electrons. The van der Waals surface area contributed by atoms with E-state index in [4.69, 9.17) is 5.11 Å². The minimum absolute atomic E-state index is 0.00463. The molecule has 0 rings (SSSR count). The topological polar surface area (TPSA) is 37.3 Å². The van der Waals surface area contributed by atoms with Crippen molar-refractivity contribution in [2.45, 2.75) is 33.1 Å². The fourth-order valence-corrected chi connectivity index (χ4v) is 1.06. The highest BCUT2D eigenvalue weighted by atomic mass is 16.3. The van der Waals surface area contributed by atoms with Gasteiger partial charge in [0, 0.05) is 18.9 Å². The molecular weight excluding hydrogens is 128 g/mol. The number of rotatable bonds is 5. The van der Waals surface area contributed by atoms with Crippen LogP contribution in [0.1, 0.15) is 33.1 Å². The zero-order valence-electron chi connectivity index (χ0n) is 6.76. The normalized spacial score (nSPS) is 10.4. The summed E-state index contributed by atoms with van der Waals surface area (Å²) in [5.74, 6) is 0.375. The van der Waals surface area contributed by atoms with Crippen LogP contribution in [0.5, 0.6) is 0 Å². The molecule has 0 saturated carbocycles. The molecule has 0 aromatic heterocycles. The first kappa shape index (κ1) is 9.63. The maximum absolute atomic E-state index is 11.0. The predicted molar refractivity (Wildman–Crippen MR) is 40.8 cm³/mol. The highest BCUT2D eigenvalue weighted by molar-refractivity contribution is 5.80. The van der Waals surface area contributed by atoms with E-state index >= 15 is 0 Å². The Morgan fingerprint density at radius 1 is 1.40 bits per heavy atom. The number of aliphatic hydroxyl groups excluding tert-OH is 1. The molecule has 0 aliphatic carbocycles. The molecule has 10 heavy (non-hydrogen) atoms. The van der Waals surface area contributed by atoms with Gasteiger partial charge in [-0.3, -0.25) is 4.79 Å². The summed E-state index contributed by atoms with van der Waals surface area (Å²) < 4.78 is 0. The number of Topliss-reactive ketones (excluding diaryl/α,β-unsaturated/α-hetero) is 1. The van der Waals surface area contributed by atoms with Crippen molar-refractivity contribution in [2.24, 2.45) is 5.92 Å². The lowest BCUT2D eigenvalue weighted by molar-refractivity contribution is -0.123. The number of carbonyl (C=O) groups excluding carboxylic acids is 1. The molecule has 0 spiro atoms. The van der Waals surface area contributed by atoms with Crippen LogP contribution in [0.3, 0.4) is 0 Å². The first-order valence-electron chi connectivity index (χ1n) is 3.89. The van der Waals surface area contributed by atoms with Gasteiger partial charge in [0.1, 0.15) is 5.78 Å². The molecular formula is C8H16O2. The highest BCUT2D eigenvalue weighted by Crippen LogP contribution is 2.10. The molecule has 2 heteroatoms. The standard InChI is InChI=1S/C8H16O2/c1-3-7(4-2)8(10)5-6-9/h7,9H,3-6H2,1-2H3. The van der Waals surface area contributed by atoms with Gasteiger partial charge in [0.2, 0.25) is 0 Å². The molecule has 0 atom stereocenters. The summed E-state index contributed by atoms with van der Waals surface area (Å²) >= 11 is 0. The van der Waals surface area contributed by atoms with Crippen LogP contribution in [0.25, 0.3) is 0 Å². The molecule has 0 bridgehead atoms. The molecule has 0 aromatic carbocycles. The number of aliphatic hydroxyl groups is 1. The lowest BCUT2D eigenvalue weighted by atomic mass is 9.96. The van der Waals surface area contributed by atoms with Gasteiger partial charge in [-0.15, -0.1) is 0 Å². The van der Waals surface area contributed by atoms with Crippen LogP contribution in [0.2, 0.25) is 0 Å². The zero-order chi connectivity index (χ0) is 7.98. The van der Waals surface area contributed by atoms with E-state index in [1.54, 1.807) is 0 Å². The van der Waals surface area contributed by atoms with Crippen molar-refractivity contribution in [2.75, 3.05) is 6.61 Å². The van der Waals surface area contributed by atoms with Gasteiger partial charge >= 0.3 is 0 Å². The Kier molecular flexibility index (Phi) is 5.22. The SMILES string of the molecule is CCC(CC)C(=O)CCO. The van der Waals surface area contributed by atoms with Gasteiger partial charge in [0.15, 0.2) is 0 Å². The molecule has 0 aliphatic rings. The van der Waals surface area contributed by atoms with E-state index in [0.717, 1.165) is 12.8 Å². The Bertz CT molecular complexity index is 95.4. The molecule has 1 N–H and O–H groups in total. The Balaban J connectivity index is 3.65. The second kappa shape index (κ2) is 5.42. The molecule has 0 fully saturated rings. The van der Waals surface area contributed by atoms with E-state index in [0.29, 0.717) is 6.42 Å². The van der Waals surface area contributed by atoms with E-state index in [1.165, 1.54) is 0 Å². The second-order valence-electron chi connectivity index (χ2n) is 2.45. The fraction of sp³-hybridized carbons (Fsp3) is 0.875. The van der Waals surface area contributed by atoms with Crippen molar-refractivity contribution >= 4 is 5.78 Å². The van der Waals surface area contributed by atoms with Gasteiger partial charge < -0.3 is 5.11 Å². The Labute approximate surface area is 62.2 Å². The number of carbonyl (C=O) groups is 1. The van der Waals surface area contributed by atoms with Gasteiger partial charge in [-0.05, 0) is 12.8 Å². The Hall–Kier alpha value is -0.370. The van der Waals surface area contributed by atoms with E-state index in [-0.39, 0.29) is 18.3 Å². The quantitative estimate of drug-likeness (QED) is 0.632. The summed E-state index contributed by atoms with van der Waals surface area (Å²) in [6, 6.07) is 0. The van der Waals surface area contributed by atoms with Crippen LogP contribution in [0, 0.1) is 5.92 Å². The maximum Gasteiger partial charge on any atom is 0.138 e. The highest BCUT2D eigenvalue weighted by Gasteiger charge is 2.12. The Morgan fingerprint density at radius 2 is 1.90 bits per heavy atom. The molecule has 0 saturated heterocycles. The molecule has 60 valence electrons. The van der Waals surface area contributed by atoms with Crippen LogP contribution >= 0.6 is 0 Å². The van der Waals surface area contributed by atoms with Crippen molar-refractivity contribution in [3.8, 4) is 0 Å². The minimum atomic E-state index is -0.00463. The smallest absolute Gasteiger partial charge is 0.138 e. The minimum Gasteiger partial charge on any atom is -0.396 e. The third-order valence-electron chi connectivity index (χ3n) is 1.80. The molecule has 0 amide bonds. The van der Waals surface area contributed by atoms with Crippen molar-refractivity contribution in [1.29, 1.82) is 0 Å². The zero-order valence-corrected chi connectivity index (χ0v) is 6.76. The van der Waals surface area contributed by atoms with E-state index < -0.39 is 0 Å². The molecule has 0 aromatic rings. The average Bonchev–Trinajstić information content (AvgIpc) is 1.91. The molecule has 2 nitrogen and oxygen atoms in total. The summed E-state index contributed by atoms with van der Waals surface area (Å²) in [7, 11) is 0. The lowest BCUT2D eigenvalue weighted by Gasteiger charge is -2.08. The van der Waals surface area contributed by atoms with Crippen molar-refractivity contribution in [1.82, 2.24) is 0 Å². The summed E-state index contributed by atoms with van der Waals surface area (Å²) in [5, 5.41) is 8.46. The number of hydrogen-bond donors (Lipinski definition) is 1. The van der Waals surface area contributed by atoms with Crippen LogP contribution in [-0.4, -0.2) is 17.5 Å². The average molecular weight is 144 g/mol. The molecule has 0 heterocycles. The van der Waals surface area contributed by atoms with E-state index in [1.807, 2.05) is 13.8 Å². The molecule has 0 unspecified atom stereocenters. The van der Waals surface area contributed by atoms with Gasteiger partial charge in [0.25, 0.3) is 0 Å². The molecule has 0 aliphatic heterocycles. The van der Waals surface area contributed by atoms with Crippen LogP contribution in [0.4, 0.5) is 0 Å². The predicted octanol–water partition coefficient (Wildman–Crippen LogP) is 1.37. The van der Waals surface area contributed by atoms with Crippen molar-refractivity contribution in [3.63, 3.8) is 0 Å². The maximum atomic E-state index is 11.0. The summed E-state index contributed by atoms with van der Waals surface area (Å²) in [6.07, 6.45) is 2.12. The van der Waals surface area contributed by atoms with Gasteiger partial charge in [-0.25, -0.2) is 0 Å².